The van der Waals surface area contributed by atoms with E-state index in [0.29, 0.717) is 6.61 Å². The van der Waals surface area contributed by atoms with Gasteiger partial charge >= 0.3 is 0 Å². The van der Waals surface area contributed by atoms with Gasteiger partial charge in [-0.2, -0.15) is 0 Å². The molecule has 0 fully saturated rings. The highest BCUT2D eigenvalue weighted by atomic mass is 16.5. The van der Waals surface area contributed by atoms with Gasteiger partial charge in [0.2, 0.25) is 0 Å². The normalized spacial score (nSPS) is 20.8. The Kier molecular flexibility index (Phi) is 1.13. The zero-order chi connectivity index (χ0) is 6.81. The second-order valence-corrected chi connectivity index (χ2v) is 2.08. The first-order chi connectivity index (χ1) is 4.97. The maximum Gasteiger partial charge on any atom is 0.115 e. The molecule has 0 aromatic rings. The molecule has 10 heavy (non-hydrogen) atoms. The molecule has 0 aromatic carbocycles. The zero-order valence-corrected chi connectivity index (χ0v) is 5.32. The molecule has 2 rings (SSSR count). The van der Waals surface area contributed by atoms with Crippen molar-refractivity contribution in [3.8, 4) is 0 Å². The molecule has 0 bridgehead atoms. The van der Waals surface area contributed by atoms with E-state index in [4.69, 9.17) is 4.74 Å². The van der Waals surface area contributed by atoms with Crippen molar-refractivity contribution in [3.63, 3.8) is 0 Å². The maximum atomic E-state index is 5.05. The van der Waals surface area contributed by atoms with E-state index in [1.165, 1.54) is 6.34 Å². The number of rotatable bonds is 0. The van der Waals surface area contributed by atoms with Gasteiger partial charge in [-0.3, -0.25) is 0 Å². The fraction of sp³-hybridized carbons (Fsp3) is 0.143. The van der Waals surface area contributed by atoms with Gasteiger partial charge in [-0.05, 0) is 0 Å². The Labute approximate surface area is 58.4 Å². The predicted octanol–water partition coefficient (Wildman–Crippen LogP) is 0.897. The average Bonchev–Trinajstić information content (AvgIpc) is 2.28. The van der Waals surface area contributed by atoms with Crippen LogP contribution in [0.1, 0.15) is 0 Å². The highest BCUT2D eigenvalue weighted by Gasteiger charge is 2.10. The lowest BCUT2D eigenvalue weighted by Crippen LogP contribution is -1.86. The highest BCUT2D eigenvalue weighted by Crippen LogP contribution is 2.16. The van der Waals surface area contributed by atoms with Crippen LogP contribution < -0.4 is 0 Å². The van der Waals surface area contributed by atoms with Crippen LogP contribution in [-0.4, -0.2) is 19.2 Å². The standard InChI is InChI=1S/C7H6N2O/c1-6-3-10-4-7(6)2-9-5-8-1/h1-3,5H,4H2. The van der Waals surface area contributed by atoms with Crippen LogP contribution >= 0.6 is 0 Å². The summed E-state index contributed by atoms with van der Waals surface area (Å²) >= 11 is 0. The van der Waals surface area contributed by atoms with Crippen molar-refractivity contribution in [2.75, 3.05) is 6.61 Å². The van der Waals surface area contributed by atoms with Gasteiger partial charge in [-0.15, -0.1) is 0 Å². The van der Waals surface area contributed by atoms with E-state index in [-0.39, 0.29) is 0 Å². The largest absolute Gasteiger partial charge is 0.496 e. The molecule has 2 aliphatic heterocycles. The quantitative estimate of drug-likeness (QED) is 0.484. The van der Waals surface area contributed by atoms with Gasteiger partial charge < -0.3 is 4.74 Å². The van der Waals surface area contributed by atoms with Crippen LogP contribution in [0.4, 0.5) is 0 Å². The van der Waals surface area contributed by atoms with Crippen LogP contribution in [0.25, 0.3) is 0 Å². The SMILES string of the molecule is C1=NC=C2COC=C2C=N1. The van der Waals surface area contributed by atoms with E-state index in [0.717, 1.165) is 11.1 Å². The number of fused-ring (bicyclic) bond motifs is 1. The van der Waals surface area contributed by atoms with Crippen molar-refractivity contribution >= 4 is 12.6 Å². The maximum absolute atomic E-state index is 5.05. The second-order valence-electron chi connectivity index (χ2n) is 2.08. The first kappa shape index (κ1) is 5.41. The topological polar surface area (TPSA) is 34.0 Å². The summed E-state index contributed by atoms with van der Waals surface area (Å²) in [5.74, 6) is 0. The molecule has 0 atom stereocenters. The fourth-order valence-corrected chi connectivity index (χ4v) is 0.881. The molecule has 0 unspecified atom stereocenters. The first-order valence-corrected chi connectivity index (χ1v) is 3.03. The zero-order valence-electron chi connectivity index (χ0n) is 5.32. The third kappa shape index (κ3) is 0.757. The Morgan fingerprint density at radius 2 is 2.40 bits per heavy atom. The first-order valence-electron chi connectivity index (χ1n) is 3.03. The van der Waals surface area contributed by atoms with Crippen LogP contribution in [0.2, 0.25) is 0 Å². The molecule has 2 heterocycles. The average molecular weight is 134 g/mol. The summed E-state index contributed by atoms with van der Waals surface area (Å²) < 4.78 is 5.05. The molecule has 0 aromatic heterocycles. The van der Waals surface area contributed by atoms with E-state index in [2.05, 4.69) is 9.98 Å². The summed E-state index contributed by atoms with van der Waals surface area (Å²) in [6.07, 6.45) is 6.73. The second kappa shape index (κ2) is 2.10. The lowest BCUT2D eigenvalue weighted by Gasteiger charge is -1.89. The van der Waals surface area contributed by atoms with Gasteiger partial charge in [0.15, 0.2) is 0 Å². The predicted molar refractivity (Wildman–Crippen MR) is 39.1 cm³/mol. The fourth-order valence-electron chi connectivity index (χ4n) is 0.881. The van der Waals surface area contributed by atoms with E-state index in [1.807, 2.05) is 0 Å². The van der Waals surface area contributed by atoms with Crippen molar-refractivity contribution in [1.82, 2.24) is 0 Å². The van der Waals surface area contributed by atoms with Crippen molar-refractivity contribution in [1.29, 1.82) is 0 Å². The number of hydrogen-bond donors (Lipinski definition) is 0. The van der Waals surface area contributed by atoms with Gasteiger partial charge in [0.25, 0.3) is 0 Å². The summed E-state index contributed by atoms with van der Waals surface area (Å²) in [4.78, 5) is 7.80. The van der Waals surface area contributed by atoms with Gasteiger partial charge in [0.05, 0.1) is 6.26 Å². The summed E-state index contributed by atoms with van der Waals surface area (Å²) in [5, 5.41) is 0. The Morgan fingerprint density at radius 3 is 3.40 bits per heavy atom. The Balaban J connectivity index is 2.42. The molecule has 0 radical (unpaired) electrons. The van der Waals surface area contributed by atoms with E-state index in [9.17, 15) is 0 Å². The molecular formula is C7H6N2O. The van der Waals surface area contributed by atoms with Gasteiger partial charge in [-0.25, -0.2) is 9.98 Å². The molecule has 0 N–H and O–H groups in total. The minimum absolute atomic E-state index is 0.624. The van der Waals surface area contributed by atoms with Crippen LogP contribution in [0, 0.1) is 0 Å². The molecule has 0 spiro atoms. The number of aliphatic imine (C=N–C) groups is 2. The minimum atomic E-state index is 0.624. The van der Waals surface area contributed by atoms with Crippen molar-refractivity contribution in [3.05, 3.63) is 23.6 Å². The summed E-state index contributed by atoms with van der Waals surface area (Å²) in [7, 11) is 0. The smallest absolute Gasteiger partial charge is 0.115 e. The monoisotopic (exact) mass is 134 g/mol. The Hall–Kier alpha value is -1.38. The van der Waals surface area contributed by atoms with Crippen molar-refractivity contribution in [2.45, 2.75) is 0 Å². The van der Waals surface area contributed by atoms with Crippen LogP contribution in [-0.2, 0) is 4.74 Å². The summed E-state index contributed by atoms with van der Waals surface area (Å²) in [5.41, 5.74) is 2.12. The summed E-state index contributed by atoms with van der Waals surface area (Å²) in [6.45, 7) is 0.624. The van der Waals surface area contributed by atoms with E-state index >= 15 is 0 Å². The molecule has 50 valence electrons. The number of nitrogens with zero attached hydrogens (tertiary/aromatic N) is 2. The molecule has 3 heteroatoms. The van der Waals surface area contributed by atoms with Gasteiger partial charge in [0, 0.05) is 23.6 Å². The lowest BCUT2D eigenvalue weighted by atomic mass is 10.2. The molecule has 0 amide bonds. The number of hydrogen-bond acceptors (Lipinski definition) is 3. The lowest BCUT2D eigenvalue weighted by molar-refractivity contribution is 0.301. The van der Waals surface area contributed by atoms with E-state index in [1.54, 1.807) is 18.7 Å². The Morgan fingerprint density at radius 1 is 1.40 bits per heavy atom. The van der Waals surface area contributed by atoms with Gasteiger partial charge in [-0.1, -0.05) is 0 Å². The van der Waals surface area contributed by atoms with Crippen molar-refractivity contribution < 1.29 is 4.74 Å². The van der Waals surface area contributed by atoms with Crippen LogP contribution in [0.15, 0.2) is 33.6 Å². The number of ether oxygens (including phenoxy) is 1. The molecule has 0 saturated carbocycles. The summed E-state index contributed by atoms with van der Waals surface area (Å²) in [6, 6.07) is 0. The highest BCUT2D eigenvalue weighted by molar-refractivity contribution is 5.91. The van der Waals surface area contributed by atoms with Crippen molar-refractivity contribution in [2.24, 2.45) is 9.98 Å². The molecule has 3 nitrogen and oxygen atoms in total. The molecule has 0 saturated heterocycles. The van der Waals surface area contributed by atoms with Crippen LogP contribution in [0.5, 0.6) is 0 Å². The van der Waals surface area contributed by atoms with E-state index < -0.39 is 0 Å². The minimum Gasteiger partial charge on any atom is -0.496 e. The van der Waals surface area contributed by atoms with Gasteiger partial charge in [0.1, 0.15) is 12.9 Å². The third-order valence-corrected chi connectivity index (χ3v) is 1.40. The molecule has 2 aliphatic rings. The van der Waals surface area contributed by atoms with Crippen LogP contribution in [0.3, 0.4) is 0 Å². The molecule has 0 aliphatic carbocycles. The molecular weight excluding hydrogens is 128 g/mol. The third-order valence-electron chi connectivity index (χ3n) is 1.40. The Bertz CT molecular complexity index is 261.